The van der Waals surface area contributed by atoms with Crippen LogP contribution in [-0.4, -0.2) is 4.98 Å². The number of benzene rings is 1. The van der Waals surface area contributed by atoms with Gasteiger partial charge in [0.05, 0.1) is 0 Å². The molecule has 1 aromatic carbocycles. The summed E-state index contributed by atoms with van der Waals surface area (Å²) in [4.78, 5) is 3.40. The predicted octanol–water partition coefficient (Wildman–Crippen LogP) is 3.72. The Balaban J connectivity index is 2.47. The van der Waals surface area contributed by atoms with Gasteiger partial charge in [0.2, 0.25) is 0 Å². The van der Waals surface area contributed by atoms with E-state index in [1.807, 2.05) is 12.1 Å². The summed E-state index contributed by atoms with van der Waals surface area (Å²) in [5.41, 5.74) is 4.97. The van der Waals surface area contributed by atoms with Gasteiger partial charge in [-0.3, -0.25) is 0 Å². The second-order valence-electron chi connectivity index (χ2n) is 3.71. The average Bonchev–Trinajstić information content (AvgIpc) is 2.62. The molecule has 0 amide bonds. The maximum Gasteiger partial charge on any atom is 0.0491 e. The Labute approximate surface area is 90.5 Å². The molecule has 0 bridgehead atoms. The highest BCUT2D eigenvalue weighted by Crippen LogP contribution is 2.24. The average molecular weight is 197 g/mol. The van der Waals surface area contributed by atoms with Crippen LogP contribution in [0.2, 0.25) is 0 Å². The van der Waals surface area contributed by atoms with E-state index in [0.29, 0.717) is 0 Å². The lowest BCUT2D eigenvalue weighted by Crippen LogP contribution is -1.83. The van der Waals surface area contributed by atoms with Gasteiger partial charge in [-0.1, -0.05) is 36.4 Å². The second kappa shape index (κ2) is 4.18. The van der Waals surface area contributed by atoms with Crippen LogP contribution in [0, 0.1) is 6.92 Å². The lowest BCUT2D eigenvalue weighted by atomic mass is 10.1. The van der Waals surface area contributed by atoms with Crippen LogP contribution in [0.15, 0.2) is 49.1 Å². The van der Waals surface area contributed by atoms with Gasteiger partial charge in [-0.25, -0.2) is 0 Å². The number of aryl methyl sites for hydroxylation is 1. The van der Waals surface area contributed by atoms with E-state index in [-0.39, 0.29) is 0 Å². The molecule has 0 atom stereocenters. The number of aromatic amines is 1. The molecule has 0 unspecified atom stereocenters. The third-order valence-corrected chi connectivity index (χ3v) is 2.46. The molecule has 0 saturated carbocycles. The lowest BCUT2D eigenvalue weighted by Gasteiger charge is -2.01. The molecular weight excluding hydrogens is 182 g/mol. The minimum atomic E-state index is 0.911. The van der Waals surface area contributed by atoms with Crippen molar-refractivity contribution < 1.29 is 0 Å². The number of H-pyrrole nitrogens is 1. The highest BCUT2D eigenvalue weighted by atomic mass is 14.7. The van der Waals surface area contributed by atoms with E-state index in [9.17, 15) is 0 Å². The molecule has 1 N–H and O–H groups in total. The fourth-order valence-corrected chi connectivity index (χ4v) is 1.83. The second-order valence-corrected chi connectivity index (χ2v) is 3.71. The Morgan fingerprint density at radius 2 is 2.00 bits per heavy atom. The molecule has 1 nitrogen and oxygen atoms in total. The first-order chi connectivity index (χ1) is 7.31. The van der Waals surface area contributed by atoms with Crippen molar-refractivity contribution in [2.45, 2.75) is 13.3 Å². The third-order valence-electron chi connectivity index (χ3n) is 2.46. The molecule has 0 saturated heterocycles. The number of hydrogen-bond acceptors (Lipinski definition) is 0. The van der Waals surface area contributed by atoms with Crippen LogP contribution in [0.3, 0.4) is 0 Å². The fourth-order valence-electron chi connectivity index (χ4n) is 1.83. The van der Waals surface area contributed by atoms with Crippen molar-refractivity contribution in [2.75, 3.05) is 0 Å². The molecule has 0 aliphatic carbocycles. The van der Waals surface area contributed by atoms with Crippen LogP contribution >= 0.6 is 0 Å². The maximum absolute atomic E-state index is 3.79. The zero-order valence-electron chi connectivity index (χ0n) is 8.96. The highest BCUT2D eigenvalue weighted by molar-refractivity contribution is 5.64. The standard InChI is InChI=1S/C14H15N/c1-3-7-13-10-11(2)15-14(13)12-8-5-4-6-9-12/h3-6,8-10,15H,1,7H2,2H3. The van der Waals surface area contributed by atoms with Gasteiger partial charge in [-0.05, 0) is 30.5 Å². The van der Waals surface area contributed by atoms with E-state index in [0.717, 1.165) is 6.42 Å². The Morgan fingerprint density at radius 1 is 1.27 bits per heavy atom. The summed E-state index contributed by atoms with van der Waals surface area (Å²) in [6.07, 6.45) is 2.85. The number of nitrogens with one attached hydrogen (secondary N) is 1. The summed E-state index contributed by atoms with van der Waals surface area (Å²) >= 11 is 0. The minimum Gasteiger partial charge on any atom is -0.358 e. The number of allylic oxidation sites excluding steroid dienone is 1. The van der Waals surface area contributed by atoms with Crippen molar-refractivity contribution in [3.8, 4) is 11.3 Å². The predicted molar refractivity (Wildman–Crippen MR) is 64.9 cm³/mol. The van der Waals surface area contributed by atoms with Gasteiger partial charge < -0.3 is 4.98 Å². The van der Waals surface area contributed by atoms with E-state index >= 15 is 0 Å². The molecular formula is C14H15N. The fraction of sp³-hybridized carbons (Fsp3) is 0.143. The minimum absolute atomic E-state index is 0.911. The Kier molecular flexibility index (Phi) is 2.72. The van der Waals surface area contributed by atoms with Crippen molar-refractivity contribution in [1.29, 1.82) is 0 Å². The van der Waals surface area contributed by atoms with Gasteiger partial charge in [0.15, 0.2) is 0 Å². The van der Waals surface area contributed by atoms with Gasteiger partial charge in [-0.15, -0.1) is 6.58 Å². The first-order valence-electron chi connectivity index (χ1n) is 5.16. The molecule has 1 heterocycles. The molecule has 1 heteroatoms. The molecule has 76 valence electrons. The van der Waals surface area contributed by atoms with E-state index in [1.165, 1.54) is 22.5 Å². The van der Waals surface area contributed by atoms with Crippen LogP contribution in [0.25, 0.3) is 11.3 Å². The van der Waals surface area contributed by atoms with Gasteiger partial charge in [-0.2, -0.15) is 0 Å². The van der Waals surface area contributed by atoms with Crippen molar-refractivity contribution in [2.24, 2.45) is 0 Å². The maximum atomic E-state index is 3.79. The molecule has 0 aliphatic rings. The summed E-state index contributed by atoms with van der Waals surface area (Å²) < 4.78 is 0. The van der Waals surface area contributed by atoms with E-state index in [2.05, 4.69) is 48.8 Å². The van der Waals surface area contributed by atoms with Crippen LogP contribution in [0.5, 0.6) is 0 Å². The van der Waals surface area contributed by atoms with Crippen LogP contribution in [0.4, 0.5) is 0 Å². The first-order valence-corrected chi connectivity index (χ1v) is 5.16. The van der Waals surface area contributed by atoms with Gasteiger partial charge in [0, 0.05) is 11.4 Å². The van der Waals surface area contributed by atoms with Crippen LogP contribution in [0.1, 0.15) is 11.3 Å². The smallest absolute Gasteiger partial charge is 0.0491 e. The molecule has 0 fully saturated rings. The molecule has 2 aromatic rings. The lowest BCUT2D eigenvalue weighted by molar-refractivity contribution is 1.25. The third kappa shape index (κ3) is 2.01. The summed E-state index contributed by atoms with van der Waals surface area (Å²) in [6, 6.07) is 12.6. The highest BCUT2D eigenvalue weighted by Gasteiger charge is 2.06. The molecule has 0 aliphatic heterocycles. The SMILES string of the molecule is C=CCc1cc(C)[nH]c1-c1ccccc1. The topological polar surface area (TPSA) is 15.8 Å². The summed E-state index contributed by atoms with van der Waals surface area (Å²) in [5.74, 6) is 0. The van der Waals surface area contributed by atoms with Crippen molar-refractivity contribution in [3.63, 3.8) is 0 Å². The quantitative estimate of drug-likeness (QED) is 0.722. The normalized spacial score (nSPS) is 10.2. The monoisotopic (exact) mass is 197 g/mol. The Morgan fingerprint density at radius 3 is 2.67 bits per heavy atom. The van der Waals surface area contributed by atoms with Gasteiger partial charge >= 0.3 is 0 Å². The van der Waals surface area contributed by atoms with Crippen LogP contribution in [-0.2, 0) is 6.42 Å². The van der Waals surface area contributed by atoms with E-state index in [1.54, 1.807) is 0 Å². The molecule has 0 radical (unpaired) electrons. The van der Waals surface area contributed by atoms with Crippen molar-refractivity contribution in [1.82, 2.24) is 4.98 Å². The molecule has 1 aromatic heterocycles. The largest absolute Gasteiger partial charge is 0.358 e. The number of hydrogen-bond donors (Lipinski definition) is 1. The van der Waals surface area contributed by atoms with Gasteiger partial charge in [0.1, 0.15) is 0 Å². The summed E-state index contributed by atoms with van der Waals surface area (Å²) in [6.45, 7) is 5.87. The van der Waals surface area contributed by atoms with Gasteiger partial charge in [0.25, 0.3) is 0 Å². The number of rotatable bonds is 3. The summed E-state index contributed by atoms with van der Waals surface area (Å²) in [7, 11) is 0. The molecule has 0 spiro atoms. The van der Waals surface area contributed by atoms with Crippen molar-refractivity contribution >= 4 is 0 Å². The number of aromatic nitrogens is 1. The Bertz CT molecular complexity index is 451. The van der Waals surface area contributed by atoms with E-state index < -0.39 is 0 Å². The zero-order chi connectivity index (χ0) is 10.7. The molecule has 2 rings (SSSR count). The first kappa shape index (κ1) is 9.78. The Hall–Kier alpha value is -1.76. The molecule has 15 heavy (non-hydrogen) atoms. The van der Waals surface area contributed by atoms with E-state index in [4.69, 9.17) is 0 Å². The summed E-state index contributed by atoms with van der Waals surface area (Å²) in [5, 5.41) is 0. The van der Waals surface area contributed by atoms with Crippen LogP contribution < -0.4 is 0 Å². The zero-order valence-corrected chi connectivity index (χ0v) is 8.96. The van der Waals surface area contributed by atoms with Crippen molar-refractivity contribution in [3.05, 3.63) is 60.3 Å².